The Morgan fingerprint density at radius 1 is 1.47 bits per heavy atom. The Morgan fingerprint density at radius 2 is 2.32 bits per heavy atom. The molecule has 2 aromatic rings. The number of rotatable bonds is 5. The summed E-state index contributed by atoms with van der Waals surface area (Å²) in [5, 5.41) is 6.58. The largest absolute Gasteiger partial charge is 0.465 e. The van der Waals surface area contributed by atoms with E-state index in [1.165, 1.54) is 10.9 Å². The Morgan fingerprint density at radius 3 is 3.00 bits per heavy atom. The summed E-state index contributed by atoms with van der Waals surface area (Å²) >= 11 is 0. The molecular weight excluding hydrogens is 250 g/mol. The number of carbonyl (C=O) groups excluding carboxylic acids is 2. The fraction of sp³-hybridized carbons (Fsp3) is 0.250. The highest BCUT2D eigenvalue weighted by Gasteiger charge is 2.11. The van der Waals surface area contributed by atoms with Crippen molar-refractivity contribution < 1.29 is 18.7 Å². The molecule has 0 bridgehead atoms. The molecular formula is C12H13N3O4. The molecule has 0 spiro atoms. The Bertz CT molecular complexity index is 559. The lowest BCUT2D eigenvalue weighted by Gasteiger charge is -2.01. The summed E-state index contributed by atoms with van der Waals surface area (Å²) in [6.45, 7) is 2.06. The van der Waals surface area contributed by atoms with E-state index in [1.54, 1.807) is 31.3 Å². The van der Waals surface area contributed by atoms with Crippen LogP contribution >= 0.6 is 0 Å². The number of furan rings is 1. The number of aromatic nitrogens is 2. The van der Waals surface area contributed by atoms with E-state index in [9.17, 15) is 9.59 Å². The van der Waals surface area contributed by atoms with E-state index in [2.05, 4.69) is 10.4 Å². The van der Waals surface area contributed by atoms with Gasteiger partial charge in [-0.3, -0.25) is 14.3 Å². The third-order valence-electron chi connectivity index (χ3n) is 2.22. The molecule has 0 aliphatic carbocycles. The normalized spacial score (nSPS) is 10.2. The van der Waals surface area contributed by atoms with E-state index in [1.807, 2.05) is 0 Å². The van der Waals surface area contributed by atoms with Crippen molar-refractivity contribution in [2.75, 3.05) is 11.9 Å². The molecule has 1 N–H and O–H groups in total. The van der Waals surface area contributed by atoms with Gasteiger partial charge in [0.1, 0.15) is 6.54 Å². The maximum Gasteiger partial charge on any atom is 0.327 e. The molecule has 0 aromatic carbocycles. The lowest BCUT2D eigenvalue weighted by Crippen LogP contribution is -2.15. The molecule has 2 aromatic heterocycles. The molecule has 100 valence electrons. The van der Waals surface area contributed by atoms with Crippen LogP contribution < -0.4 is 5.32 Å². The van der Waals surface area contributed by atoms with Crippen molar-refractivity contribution in [1.29, 1.82) is 0 Å². The number of hydrogen-bond donors (Lipinski definition) is 1. The van der Waals surface area contributed by atoms with Crippen LogP contribution in [0.1, 0.15) is 17.5 Å². The van der Waals surface area contributed by atoms with Gasteiger partial charge in [-0.1, -0.05) is 0 Å². The fourth-order valence-electron chi connectivity index (χ4n) is 1.44. The van der Waals surface area contributed by atoms with Crippen LogP contribution in [0.5, 0.6) is 0 Å². The molecule has 0 unspecified atom stereocenters. The molecule has 0 fully saturated rings. The molecule has 0 saturated heterocycles. The van der Waals surface area contributed by atoms with Gasteiger partial charge in [-0.05, 0) is 19.1 Å². The van der Waals surface area contributed by atoms with Crippen molar-refractivity contribution >= 4 is 17.7 Å². The van der Waals surface area contributed by atoms with Crippen LogP contribution in [0.4, 0.5) is 5.82 Å². The topological polar surface area (TPSA) is 86.4 Å². The highest BCUT2D eigenvalue weighted by Crippen LogP contribution is 2.07. The minimum atomic E-state index is -0.397. The molecule has 0 saturated carbocycles. The van der Waals surface area contributed by atoms with E-state index in [-0.39, 0.29) is 18.3 Å². The number of nitrogens with one attached hydrogen (secondary N) is 1. The Labute approximate surface area is 109 Å². The molecule has 1 amide bonds. The molecule has 19 heavy (non-hydrogen) atoms. The van der Waals surface area contributed by atoms with Gasteiger partial charge in [0.15, 0.2) is 11.6 Å². The lowest BCUT2D eigenvalue weighted by atomic mass is 10.4. The average Bonchev–Trinajstić information content (AvgIpc) is 3.00. The third kappa shape index (κ3) is 3.44. The maximum atomic E-state index is 11.7. The van der Waals surface area contributed by atoms with Crippen LogP contribution in [0, 0.1) is 0 Å². The minimum Gasteiger partial charge on any atom is -0.465 e. The predicted octanol–water partition coefficient (Wildman–Crippen LogP) is 1.29. The number of carbonyl (C=O) groups is 2. The molecule has 0 aliphatic rings. The maximum absolute atomic E-state index is 11.7. The molecule has 7 heteroatoms. The van der Waals surface area contributed by atoms with Gasteiger partial charge in [0.05, 0.1) is 12.9 Å². The molecule has 0 atom stereocenters. The zero-order valence-corrected chi connectivity index (χ0v) is 10.3. The minimum absolute atomic E-state index is 0.00443. The molecule has 0 aliphatic heterocycles. The number of anilines is 1. The zero-order valence-electron chi connectivity index (χ0n) is 10.3. The fourth-order valence-corrected chi connectivity index (χ4v) is 1.44. The van der Waals surface area contributed by atoms with Gasteiger partial charge in [-0.15, -0.1) is 0 Å². The number of hydrogen-bond acceptors (Lipinski definition) is 5. The molecule has 0 radical (unpaired) electrons. The van der Waals surface area contributed by atoms with Crippen LogP contribution in [0.3, 0.4) is 0 Å². The first-order valence-electron chi connectivity index (χ1n) is 5.73. The van der Waals surface area contributed by atoms with Crippen molar-refractivity contribution in [1.82, 2.24) is 9.78 Å². The summed E-state index contributed by atoms with van der Waals surface area (Å²) in [5.74, 6) is -0.244. The predicted molar refractivity (Wildman–Crippen MR) is 65.5 cm³/mol. The number of amides is 1. The monoisotopic (exact) mass is 263 g/mol. The summed E-state index contributed by atoms with van der Waals surface area (Å²) in [6.07, 6.45) is 2.99. The standard InChI is InChI=1S/C12H13N3O4/c1-2-18-11(16)8-15-6-5-10(14-15)13-12(17)9-4-3-7-19-9/h3-7H,2,8H2,1H3,(H,13,14,17). The Kier molecular flexibility index (Phi) is 3.97. The average molecular weight is 263 g/mol. The van der Waals surface area contributed by atoms with E-state index in [0.29, 0.717) is 12.4 Å². The molecule has 7 nitrogen and oxygen atoms in total. The quantitative estimate of drug-likeness (QED) is 0.821. The van der Waals surface area contributed by atoms with Gasteiger partial charge in [-0.2, -0.15) is 5.10 Å². The van der Waals surface area contributed by atoms with E-state index in [4.69, 9.17) is 9.15 Å². The van der Waals surface area contributed by atoms with Gasteiger partial charge in [0, 0.05) is 12.3 Å². The van der Waals surface area contributed by atoms with E-state index >= 15 is 0 Å². The van der Waals surface area contributed by atoms with E-state index < -0.39 is 5.91 Å². The number of nitrogens with zero attached hydrogens (tertiary/aromatic N) is 2. The van der Waals surface area contributed by atoms with Gasteiger partial charge >= 0.3 is 5.97 Å². The van der Waals surface area contributed by atoms with Crippen molar-refractivity contribution in [3.05, 3.63) is 36.4 Å². The third-order valence-corrected chi connectivity index (χ3v) is 2.22. The van der Waals surface area contributed by atoms with Crippen LogP contribution in [-0.4, -0.2) is 28.3 Å². The van der Waals surface area contributed by atoms with Gasteiger partial charge in [-0.25, -0.2) is 0 Å². The second kappa shape index (κ2) is 5.85. The summed E-state index contributed by atoms with van der Waals surface area (Å²) in [5.41, 5.74) is 0. The van der Waals surface area contributed by atoms with Crippen LogP contribution in [0.2, 0.25) is 0 Å². The number of ether oxygens (including phenoxy) is 1. The van der Waals surface area contributed by atoms with Crippen LogP contribution in [0.15, 0.2) is 35.1 Å². The second-order valence-corrected chi connectivity index (χ2v) is 3.64. The SMILES string of the molecule is CCOC(=O)Cn1ccc(NC(=O)c2ccco2)n1. The van der Waals surface area contributed by atoms with Gasteiger partial charge in [0.2, 0.25) is 0 Å². The molecule has 2 heterocycles. The van der Waals surface area contributed by atoms with Crippen LogP contribution in [0.25, 0.3) is 0 Å². The molecule has 2 rings (SSSR count). The van der Waals surface area contributed by atoms with E-state index in [0.717, 1.165) is 0 Å². The van der Waals surface area contributed by atoms with Crippen molar-refractivity contribution in [3.63, 3.8) is 0 Å². The highest BCUT2D eigenvalue weighted by atomic mass is 16.5. The second-order valence-electron chi connectivity index (χ2n) is 3.64. The Balaban J connectivity index is 1.94. The first kappa shape index (κ1) is 12.9. The Hall–Kier alpha value is -2.57. The van der Waals surface area contributed by atoms with Crippen molar-refractivity contribution in [2.24, 2.45) is 0 Å². The van der Waals surface area contributed by atoms with Crippen molar-refractivity contribution in [2.45, 2.75) is 13.5 Å². The van der Waals surface area contributed by atoms with Gasteiger partial charge in [0.25, 0.3) is 5.91 Å². The van der Waals surface area contributed by atoms with Gasteiger partial charge < -0.3 is 14.5 Å². The first-order chi connectivity index (χ1) is 9.19. The smallest absolute Gasteiger partial charge is 0.327 e. The van der Waals surface area contributed by atoms with Crippen molar-refractivity contribution in [3.8, 4) is 0 Å². The summed E-state index contributed by atoms with van der Waals surface area (Å²) in [4.78, 5) is 22.9. The summed E-state index contributed by atoms with van der Waals surface area (Å²) in [7, 11) is 0. The zero-order chi connectivity index (χ0) is 13.7. The first-order valence-corrected chi connectivity index (χ1v) is 5.73. The van der Waals surface area contributed by atoms with Crippen LogP contribution in [-0.2, 0) is 16.1 Å². The lowest BCUT2D eigenvalue weighted by molar-refractivity contribution is -0.144. The summed E-state index contributed by atoms with van der Waals surface area (Å²) < 4.78 is 11.1. The number of esters is 1. The summed E-state index contributed by atoms with van der Waals surface area (Å²) in [6, 6.07) is 4.75. The highest BCUT2D eigenvalue weighted by molar-refractivity contribution is 6.01.